The number of rotatable bonds is 2. The number of esters is 1. The van der Waals surface area contributed by atoms with Gasteiger partial charge in [-0.25, -0.2) is 4.79 Å². The van der Waals surface area contributed by atoms with Gasteiger partial charge in [-0.2, -0.15) is 0 Å². The molecular formula is C20H26O4. The van der Waals surface area contributed by atoms with Crippen LogP contribution in [0.1, 0.15) is 74.7 Å². The van der Waals surface area contributed by atoms with Crippen molar-refractivity contribution in [2.75, 3.05) is 0 Å². The number of furan rings is 1. The molecule has 4 nitrogen and oxygen atoms in total. The largest absolute Gasteiger partial charge is 0.461 e. The average molecular weight is 330 g/mol. The lowest BCUT2D eigenvalue weighted by molar-refractivity contribution is -0.160. The van der Waals surface area contributed by atoms with Crippen molar-refractivity contribution < 1.29 is 18.7 Å². The minimum atomic E-state index is -0.438. The van der Waals surface area contributed by atoms with Crippen molar-refractivity contribution in [1.29, 1.82) is 0 Å². The maximum atomic E-state index is 13.0. The molecule has 2 aliphatic carbocycles. The van der Waals surface area contributed by atoms with Gasteiger partial charge in [0.1, 0.15) is 6.10 Å². The molecule has 0 spiro atoms. The van der Waals surface area contributed by atoms with E-state index in [2.05, 4.69) is 13.8 Å². The van der Waals surface area contributed by atoms with Crippen molar-refractivity contribution in [1.82, 2.24) is 0 Å². The Hall–Kier alpha value is -1.84. The highest BCUT2D eigenvalue weighted by molar-refractivity contribution is 5.99. The fourth-order valence-corrected chi connectivity index (χ4v) is 4.46. The van der Waals surface area contributed by atoms with Gasteiger partial charge in [0, 0.05) is 23.0 Å². The fourth-order valence-electron chi connectivity index (χ4n) is 4.46. The van der Waals surface area contributed by atoms with Crippen LogP contribution in [0.3, 0.4) is 0 Å². The molecule has 3 rings (SSSR count). The normalized spacial score (nSPS) is 31.9. The molecule has 0 aliphatic heterocycles. The maximum absolute atomic E-state index is 13.0. The molecule has 1 saturated carbocycles. The first-order chi connectivity index (χ1) is 11.3. The summed E-state index contributed by atoms with van der Waals surface area (Å²) in [5.41, 5.74) is 2.16. The molecule has 4 heteroatoms. The number of Topliss-reactive ketones (excluding diaryl/α,β-unsaturated/α-hetero) is 1. The fraction of sp³-hybridized carbons (Fsp3) is 0.600. The zero-order chi connectivity index (χ0) is 17.6. The Morgan fingerprint density at radius 3 is 2.75 bits per heavy atom. The zero-order valence-electron chi connectivity index (χ0n) is 15.1. The van der Waals surface area contributed by atoms with Crippen molar-refractivity contribution in [3.8, 4) is 0 Å². The molecule has 4 atom stereocenters. The summed E-state index contributed by atoms with van der Waals surface area (Å²) in [6.45, 7) is 9.92. The van der Waals surface area contributed by atoms with Crippen molar-refractivity contribution in [3.63, 3.8) is 0 Å². The predicted octanol–water partition coefficient (Wildman–Crippen LogP) is 4.78. The van der Waals surface area contributed by atoms with Crippen LogP contribution in [0.5, 0.6) is 0 Å². The van der Waals surface area contributed by atoms with E-state index in [9.17, 15) is 9.59 Å². The number of carbonyl (C=O) groups excluding carboxylic acids is 2. The Morgan fingerprint density at radius 1 is 1.38 bits per heavy atom. The Kier molecular flexibility index (Phi) is 4.18. The van der Waals surface area contributed by atoms with Gasteiger partial charge in [0.25, 0.3) is 0 Å². The van der Waals surface area contributed by atoms with Gasteiger partial charge in [-0.15, -0.1) is 0 Å². The van der Waals surface area contributed by atoms with Gasteiger partial charge < -0.3 is 9.15 Å². The number of aryl methyl sites for hydroxylation is 1. The van der Waals surface area contributed by atoms with Crippen LogP contribution >= 0.6 is 0 Å². The Balaban J connectivity index is 2.12. The number of allylic oxidation sites excluding steroid dienone is 1. The lowest BCUT2D eigenvalue weighted by Crippen LogP contribution is -2.50. The van der Waals surface area contributed by atoms with Crippen molar-refractivity contribution in [2.24, 2.45) is 17.3 Å². The van der Waals surface area contributed by atoms with E-state index in [0.29, 0.717) is 11.7 Å². The molecular weight excluding hydrogens is 304 g/mol. The number of ether oxygens (including phenoxy) is 1. The smallest absolute Gasteiger partial charge is 0.331 e. The van der Waals surface area contributed by atoms with Crippen LogP contribution in [-0.4, -0.2) is 11.8 Å². The number of carbonyl (C=O) groups is 2. The summed E-state index contributed by atoms with van der Waals surface area (Å²) in [6.07, 6.45) is 5.58. The second-order valence-electron chi connectivity index (χ2n) is 7.81. The van der Waals surface area contributed by atoms with E-state index in [4.69, 9.17) is 9.15 Å². The van der Waals surface area contributed by atoms with Gasteiger partial charge in [-0.1, -0.05) is 25.8 Å². The number of hydrogen-bond donors (Lipinski definition) is 0. The SMILES string of the molecule is CC(C)=CC(=O)O[C@@H]1c2c(C)coc2C(=O)[C@@H]2CCC[C@H](C)[C@@]12C. The van der Waals surface area contributed by atoms with E-state index in [0.717, 1.165) is 36.0 Å². The highest BCUT2D eigenvalue weighted by Crippen LogP contribution is 2.59. The van der Waals surface area contributed by atoms with Gasteiger partial charge in [0.2, 0.25) is 5.78 Å². The summed E-state index contributed by atoms with van der Waals surface area (Å²) < 4.78 is 11.5. The van der Waals surface area contributed by atoms with Crippen LogP contribution in [0.15, 0.2) is 22.3 Å². The van der Waals surface area contributed by atoms with Crippen LogP contribution in [0.2, 0.25) is 0 Å². The molecule has 1 heterocycles. The third-order valence-electron chi connectivity index (χ3n) is 5.97. The number of ketones is 1. The van der Waals surface area contributed by atoms with Crippen LogP contribution in [0.25, 0.3) is 0 Å². The summed E-state index contributed by atoms with van der Waals surface area (Å²) in [4.78, 5) is 25.3. The Bertz CT molecular complexity index is 707. The molecule has 0 unspecified atom stereocenters. The van der Waals surface area contributed by atoms with Crippen LogP contribution < -0.4 is 0 Å². The second kappa shape index (κ2) is 5.91. The van der Waals surface area contributed by atoms with Crippen molar-refractivity contribution in [3.05, 3.63) is 34.8 Å². The Morgan fingerprint density at radius 2 is 2.08 bits per heavy atom. The molecule has 0 bridgehead atoms. The quantitative estimate of drug-likeness (QED) is 0.578. The van der Waals surface area contributed by atoms with Gasteiger partial charge in [-0.3, -0.25) is 4.79 Å². The molecule has 2 aliphatic rings. The van der Waals surface area contributed by atoms with E-state index in [1.165, 1.54) is 6.08 Å². The highest BCUT2D eigenvalue weighted by Gasteiger charge is 2.58. The van der Waals surface area contributed by atoms with Crippen molar-refractivity contribution >= 4 is 11.8 Å². The summed E-state index contributed by atoms with van der Waals surface area (Å²) >= 11 is 0. The third-order valence-corrected chi connectivity index (χ3v) is 5.97. The zero-order valence-corrected chi connectivity index (χ0v) is 15.1. The first-order valence-electron chi connectivity index (χ1n) is 8.74. The summed E-state index contributed by atoms with van der Waals surface area (Å²) in [5.74, 6) is 0.260. The van der Waals surface area contributed by atoms with Gasteiger partial charge >= 0.3 is 5.97 Å². The minimum Gasteiger partial charge on any atom is -0.461 e. The van der Waals surface area contributed by atoms with Gasteiger partial charge in [-0.05, 0) is 45.1 Å². The minimum absolute atomic E-state index is 0.0710. The molecule has 1 aromatic heterocycles. The third kappa shape index (κ3) is 2.43. The molecule has 130 valence electrons. The first kappa shape index (κ1) is 17.0. The first-order valence-corrected chi connectivity index (χ1v) is 8.74. The molecule has 0 saturated heterocycles. The maximum Gasteiger partial charge on any atom is 0.331 e. The van der Waals surface area contributed by atoms with E-state index >= 15 is 0 Å². The topological polar surface area (TPSA) is 56.5 Å². The van der Waals surface area contributed by atoms with Crippen LogP contribution in [-0.2, 0) is 9.53 Å². The standard InChI is InChI=1S/C20H26O4/c1-11(2)9-15(21)24-19-16-12(3)10-23-18(16)17(22)14-8-6-7-13(4)20(14,19)5/h9-10,13-14,19H,6-8H2,1-5H3/t13-,14-,19+,20+/m0/s1. The monoisotopic (exact) mass is 330 g/mol. The van der Waals surface area contributed by atoms with Gasteiger partial charge in [0.15, 0.2) is 5.76 Å². The molecule has 0 N–H and O–H groups in total. The number of hydrogen-bond acceptors (Lipinski definition) is 4. The van der Waals surface area contributed by atoms with Gasteiger partial charge in [0.05, 0.1) is 6.26 Å². The summed E-state index contributed by atoms with van der Waals surface area (Å²) in [7, 11) is 0. The molecule has 1 aromatic rings. The second-order valence-corrected chi connectivity index (χ2v) is 7.81. The molecule has 0 radical (unpaired) electrons. The summed E-state index contributed by atoms with van der Waals surface area (Å²) in [6, 6.07) is 0. The van der Waals surface area contributed by atoms with E-state index < -0.39 is 6.10 Å². The molecule has 1 fully saturated rings. The van der Waals surface area contributed by atoms with E-state index in [1.54, 1.807) is 6.26 Å². The lowest BCUT2D eigenvalue weighted by Gasteiger charge is -2.51. The molecule has 0 aromatic carbocycles. The molecule has 24 heavy (non-hydrogen) atoms. The van der Waals surface area contributed by atoms with Crippen LogP contribution in [0, 0.1) is 24.2 Å². The number of fused-ring (bicyclic) bond motifs is 2. The van der Waals surface area contributed by atoms with E-state index in [1.807, 2.05) is 20.8 Å². The highest BCUT2D eigenvalue weighted by atomic mass is 16.5. The predicted molar refractivity (Wildman–Crippen MR) is 90.7 cm³/mol. The van der Waals surface area contributed by atoms with Crippen molar-refractivity contribution in [2.45, 2.75) is 60.0 Å². The lowest BCUT2D eigenvalue weighted by atomic mass is 9.54. The Labute approximate surface area is 143 Å². The summed E-state index contributed by atoms with van der Waals surface area (Å²) in [5, 5.41) is 0. The molecule has 0 amide bonds. The van der Waals surface area contributed by atoms with Crippen LogP contribution in [0.4, 0.5) is 0 Å². The average Bonchev–Trinajstić information content (AvgIpc) is 2.87. The van der Waals surface area contributed by atoms with E-state index in [-0.39, 0.29) is 23.1 Å².